The molecule has 1 atom stereocenters. The standard InChI is InChI=1S/C23H21AsN6S/c1-15-12-18-4-2-3-5-20(18)30(15)11-10-24-21-13-19(26-14-27-21)16-6-8-17(9-7-16)22-28-29-23(25)31-22/h2-9,12-14,24H,10-11H2,1H3,(H2,25,29). The number of hydrogen-bond acceptors (Lipinski definition) is 6. The molecule has 0 aliphatic rings. The molecule has 0 bridgehead atoms. The van der Waals surface area contributed by atoms with Crippen LogP contribution in [0.2, 0.25) is 5.21 Å². The Balaban J connectivity index is 1.28. The number of hydrogen-bond donors (Lipinski definition) is 1. The van der Waals surface area contributed by atoms with Crippen molar-refractivity contribution in [1.82, 2.24) is 24.7 Å². The van der Waals surface area contributed by atoms with E-state index in [9.17, 15) is 0 Å². The summed E-state index contributed by atoms with van der Waals surface area (Å²) in [6.07, 6.45) is 1.68. The Morgan fingerprint density at radius 1 is 0.968 bits per heavy atom. The molecule has 5 aromatic rings. The third-order valence-electron chi connectivity index (χ3n) is 5.19. The zero-order valence-corrected chi connectivity index (χ0v) is 19.9. The maximum atomic E-state index is 5.69. The van der Waals surface area contributed by atoms with Gasteiger partial charge in [0.05, 0.1) is 0 Å². The van der Waals surface area contributed by atoms with Crippen molar-refractivity contribution >= 4 is 47.6 Å². The molecule has 2 aromatic carbocycles. The molecule has 0 amide bonds. The molecule has 31 heavy (non-hydrogen) atoms. The fourth-order valence-corrected chi connectivity index (χ4v) is 6.36. The van der Waals surface area contributed by atoms with Gasteiger partial charge in [-0.3, -0.25) is 0 Å². The van der Waals surface area contributed by atoms with Crippen molar-refractivity contribution in [2.45, 2.75) is 18.7 Å². The molecule has 0 saturated carbocycles. The van der Waals surface area contributed by atoms with E-state index in [0.29, 0.717) is 5.13 Å². The second-order valence-electron chi connectivity index (χ2n) is 7.23. The topological polar surface area (TPSA) is 82.5 Å². The van der Waals surface area contributed by atoms with E-state index >= 15 is 0 Å². The van der Waals surface area contributed by atoms with E-state index < -0.39 is 0 Å². The number of benzene rings is 2. The fraction of sp³-hybridized carbons (Fsp3) is 0.130. The van der Waals surface area contributed by atoms with E-state index in [-0.39, 0.29) is 15.8 Å². The van der Waals surface area contributed by atoms with Gasteiger partial charge in [-0.1, -0.05) is 0 Å². The van der Waals surface area contributed by atoms with Gasteiger partial charge in [-0.2, -0.15) is 0 Å². The summed E-state index contributed by atoms with van der Waals surface area (Å²) < 4.78 is 3.60. The van der Waals surface area contributed by atoms with E-state index in [1.807, 2.05) is 12.1 Å². The quantitative estimate of drug-likeness (QED) is 0.369. The summed E-state index contributed by atoms with van der Waals surface area (Å²) in [5.41, 5.74) is 11.4. The fourth-order valence-electron chi connectivity index (χ4n) is 3.69. The van der Waals surface area contributed by atoms with Crippen LogP contribution in [0.1, 0.15) is 5.69 Å². The normalized spacial score (nSPS) is 11.6. The second-order valence-corrected chi connectivity index (χ2v) is 11.1. The van der Waals surface area contributed by atoms with Gasteiger partial charge < -0.3 is 0 Å². The minimum absolute atomic E-state index is 0.352. The minimum atomic E-state index is -0.352. The molecule has 3 heterocycles. The number of nitrogens with zero attached hydrogens (tertiary/aromatic N) is 5. The summed E-state index contributed by atoms with van der Waals surface area (Å²) in [4.78, 5) is 9.03. The van der Waals surface area contributed by atoms with Gasteiger partial charge in [-0.05, 0) is 0 Å². The van der Waals surface area contributed by atoms with Gasteiger partial charge in [-0.15, -0.1) is 0 Å². The molecule has 0 aliphatic carbocycles. The van der Waals surface area contributed by atoms with Gasteiger partial charge in [0.15, 0.2) is 0 Å². The molecule has 0 fully saturated rings. The predicted molar refractivity (Wildman–Crippen MR) is 129 cm³/mol. The average Bonchev–Trinajstić information content (AvgIpc) is 3.37. The Kier molecular flexibility index (Phi) is 5.53. The number of para-hydroxylation sites is 1. The van der Waals surface area contributed by atoms with Crippen LogP contribution in [0.3, 0.4) is 0 Å². The number of nitrogen functional groups attached to an aromatic ring is 1. The van der Waals surface area contributed by atoms with E-state index in [4.69, 9.17) is 5.73 Å². The second kappa shape index (κ2) is 8.61. The van der Waals surface area contributed by atoms with Crippen LogP contribution in [0, 0.1) is 6.92 Å². The van der Waals surface area contributed by atoms with Crippen molar-refractivity contribution in [3.63, 3.8) is 0 Å². The molecule has 154 valence electrons. The molecule has 3 aromatic heterocycles. The van der Waals surface area contributed by atoms with E-state index in [1.165, 1.54) is 32.4 Å². The van der Waals surface area contributed by atoms with Crippen LogP contribution in [-0.4, -0.2) is 40.5 Å². The van der Waals surface area contributed by atoms with Gasteiger partial charge in [0.2, 0.25) is 0 Å². The SMILES string of the molecule is Cc1cc2ccccc2n1CC[AsH]c1cc(-c2ccc(-c3nnc(N)s3)cc2)ncn1. The summed E-state index contributed by atoms with van der Waals surface area (Å²) >= 11 is 1.04. The van der Waals surface area contributed by atoms with Crippen molar-refractivity contribution < 1.29 is 0 Å². The van der Waals surface area contributed by atoms with Crippen molar-refractivity contribution in [3.8, 4) is 21.8 Å². The number of aryl methyl sites for hydroxylation is 2. The monoisotopic (exact) mass is 488 g/mol. The Morgan fingerprint density at radius 2 is 1.77 bits per heavy atom. The van der Waals surface area contributed by atoms with Gasteiger partial charge in [-0.25, -0.2) is 0 Å². The summed E-state index contributed by atoms with van der Waals surface area (Å²) in [6, 6.07) is 21.2. The van der Waals surface area contributed by atoms with Crippen molar-refractivity contribution in [2.75, 3.05) is 5.73 Å². The van der Waals surface area contributed by atoms with Crippen LogP contribution >= 0.6 is 11.3 Å². The Hall–Kier alpha value is -3.02. The summed E-state index contributed by atoms with van der Waals surface area (Å²) in [5, 5.41) is 11.7. The van der Waals surface area contributed by atoms with Gasteiger partial charge in [0.1, 0.15) is 0 Å². The Labute approximate surface area is 190 Å². The average molecular weight is 488 g/mol. The van der Waals surface area contributed by atoms with Crippen molar-refractivity contribution in [1.29, 1.82) is 0 Å². The molecule has 0 aliphatic heterocycles. The van der Waals surface area contributed by atoms with Crippen LogP contribution in [0.25, 0.3) is 32.7 Å². The van der Waals surface area contributed by atoms with E-state index in [0.717, 1.165) is 33.6 Å². The predicted octanol–water partition coefficient (Wildman–Crippen LogP) is 3.69. The molecule has 1 unspecified atom stereocenters. The van der Waals surface area contributed by atoms with Crippen LogP contribution in [-0.2, 0) is 6.54 Å². The number of anilines is 1. The van der Waals surface area contributed by atoms with E-state index in [1.54, 1.807) is 6.33 Å². The van der Waals surface area contributed by atoms with Crippen molar-refractivity contribution in [2.24, 2.45) is 0 Å². The molecule has 0 radical (unpaired) electrons. The van der Waals surface area contributed by atoms with Crippen LogP contribution in [0.15, 0.2) is 67.0 Å². The summed E-state index contributed by atoms with van der Waals surface area (Å²) in [7, 11) is 0. The maximum absolute atomic E-state index is 5.69. The van der Waals surface area contributed by atoms with E-state index in [2.05, 4.69) is 80.2 Å². The number of nitrogens with two attached hydrogens (primary N) is 1. The molecule has 0 spiro atoms. The number of fused-ring (bicyclic) bond motifs is 1. The molecular formula is C23H21AsN6S. The van der Waals surface area contributed by atoms with Gasteiger partial charge in [0.25, 0.3) is 0 Å². The Bertz CT molecular complexity index is 1340. The zero-order valence-electron chi connectivity index (χ0n) is 17.0. The first-order chi connectivity index (χ1) is 15.2. The zero-order chi connectivity index (χ0) is 21.2. The molecule has 5 rings (SSSR count). The molecule has 2 N–H and O–H groups in total. The van der Waals surface area contributed by atoms with Crippen LogP contribution in [0.4, 0.5) is 5.13 Å². The molecule has 8 heteroatoms. The number of aromatic nitrogens is 5. The van der Waals surface area contributed by atoms with Gasteiger partial charge >= 0.3 is 191 Å². The molecule has 0 saturated heterocycles. The van der Waals surface area contributed by atoms with Crippen molar-refractivity contribution in [3.05, 3.63) is 72.7 Å². The third-order valence-corrected chi connectivity index (χ3v) is 8.32. The van der Waals surface area contributed by atoms with Gasteiger partial charge in [0, 0.05) is 0 Å². The third kappa shape index (κ3) is 4.24. The number of rotatable bonds is 6. The Morgan fingerprint density at radius 3 is 2.58 bits per heavy atom. The first-order valence-corrected chi connectivity index (χ1v) is 13.3. The summed E-state index contributed by atoms with van der Waals surface area (Å²) in [5.74, 6) is 0. The first-order valence-electron chi connectivity index (χ1n) is 9.98. The summed E-state index contributed by atoms with van der Waals surface area (Å²) in [6.45, 7) is 3.21. The first kappa shape index (κ1) is 19.9. The van der Waals surface area contributed by atoms with Crippen LogP contribution < -0.4 is 10.2 Å². The molecular weight excluding hydrogens is 467 g/mol. The van der Waals surface area contributed by atoms with Crippen LogP contribution in [0.5, 0.6) is 0 Å². The molecule has 6 nitrogen and oxygen atoms in total.